The Bertz CT molecular complexity index is 508. The second kappa shape index (κ2) is 6.90. The number of hydrogen-bond acceptors (Lipinski definition) is 4. The molecule has 6 nitrogen and oxygen atoms in total. The predicted octanol–water partition coefficient (Wildman–Crippen LogP) is 1.60. The van der Waals surface area contributed by atoms with Gasteiger partial charge in [0.25, 0.3) is 18.0 Å². The number of non-ortho nitro benzene ring substituents is 1. The SMILES string of the molecule is Cc1cc(C(=O)N(CCO)CC(F)F)cc([N+](=O)[O-])c1. The third-order valence-corrected chi connectivity index (χ3v) is 2.54. The number of aliphatic hydroxyl groups excluding tert-OH is 1. The van der Waals surface area contributed by atoms with Crippen LogP contribution in [0.5, 0.6) is 0 Å². The van der Waals surface area contributed by atoms with Crippen molar-refractivity contribution in [2.24, 2.45) is 0 Å². The molecule has 1 amide bonds. The summed E-state index contributed by atoms with van der Waals surface area (Å²) < 4.78 is 24.8. The molecule has 0 saturated carbocycles. The van der Waals surface area contributed by atoms with E-state index < -0.39 is 30.4 Å². The standard InChI is InChI=1S/C12H14F2N2O4/c1-8-4-9(6-10(5-8)16(19)20)12(18)15(2-3-17)7-11(13)14/h4-6,11,17H,2-3,7H2,1H3. The maximum atomic E-state index is 12.4. The number of nitrogens with zero attached hydrogens (tertiary/aromatic N) is 2. The first kappa shape index (κ1) is 16.0. The number of nitro groups is 1. The van der Waals surface area contributed by atoms with E-state index in [1.807, 2.05) is 0 Å². The van der Waals surface area contributed by atoms with Gasteiger partial charge in [-0.3, -0.25) is 14.9 Å². The molecule has 1 rings (SSSR count). The summed E-state index contributed by atoms with van der Waals surface area (Å²) in [6.07, 6.45) is -2.75. The van der Waals surface area contributed by atoms with Gasteiger partial charge in [0.2, 0.25) is 0 Å². The molecule has 0 atom stereocenters. The summed E-state index contributed by atoms with van der Waals surface area (Å²) in [5, 5.41) is 19.5. The van der Waals surface area contributed by atoms with Gasteiger partial charge in [0.1, 0.15) is 0 Å². The van der Waals surface area contributed by atoms with Crippen LogP contribution in [0.15, 0.2) is 18.2 Å². The highest BCUT2D eigenvalue weighted by Gasteiger charge is 2.21. The summed E-state index contributed by atoms with van der Waals surface area (Å²) in [5.74, 6) is -0.772. The quantitative estimate of drug-likeness (QED) is 0.636. The van der Waals surface area contributed by atoms with Crippen molar-refractivity contribution in [3.63, 3.8) is 0 Å². The highest BCUT2D eigenvalue weighted by Crippen LogP contribution is 2.18. The number of benzene rings is 1. The fourth-order valence-corrected chi connectivity index (χ4v) is 1.74. The van der Waals surface area contributed by atoms with E-state index in [4.69, 9.17) is 5.11 Å². The summed E-state index contributed by atoms with van der Waals surface area (Å²) in [4.78, 5) is 22.9. The molecule has 0 aliphatic carbocycles. The van der Waals surface area contributed by atoms with Crippen molar-refractivity contribution in [2.75, 3.05) is 19.7 Å². The molecule has 110 valence electrons. The first-order chi connectivity index (χ1) is 9.35. The minimum Gasteiger partial charge on any atom is -0.395 e. The Kier molecular flexibility index (Phi) is 5.51. The third kappa shape index (κ3) is 4.23. The zero-order valence-corrected chi connectivity index (χ0v) is 10.8. The molecule has 8 heteroatoms. The molecule has 0 radical (unpaired) electrons. The Morgan fingerprint density at radius 2 is 2.10 bits per heavy atom. The van der Waals surface area contributed by atoms with E-state index in [1.54, 1.807) is 6.92 Å². The van der Waals surface area contributed by atoms with Gasteiger partial charge < -0.3 is 10.0 Å². The first-order valence-electron chi connectivity index (χ1n) is 5.79. The summed E-state index contributed by atoms with van der Waals surface area (Å²) in [6.45, 7) is 0.00564. The van der Waals surface area contributed by atoms with Gasteiger partial charge in [-0.15, -0.1) is 0 Å². The van der Waals surface area contributed by atoms with Crippen molar-refractivity contribution in [2.45, 2.75) is 13.3 Å². The second-order valence-corrected chi connectivity index (χ2v) is 4.18. The molecule has 0 spiro atoms. The lowest BCUT2D eigenvalue weighted by Crippen LogP contribution is -2.37. The lowest BCUT2D eigenvalue weighted by Gasteiger charge is -2.21. The average Bonchev–Trinajstić information content (AvgIpc) is 2.36. The Morgan fingerprint density at radius 3 is 2.60 bits per heavy atom. The molecular formula is C12H14F2N2O4. The number of carbonyl (C=O) groups is 1. The Balaban J connectivity index is 3.07. The van der Waals surface area contributed by atoms with E-state index in [0.717, 1.165) is 11.0 Å². The van der Waals surface area contributed by atoms with Crippen LogP contribution in [0.3, 0.4) is 0 Å². The minimum absolute atomic E-state index is 0.0502. The summed E-state index contributed by atoms with van der Waals surface area (Å²) in [5.41, 5.74) is 0.142. The molecular weight excluding hydrogens is 274 g/mol. The molecule has 0 heterocycles. The topological polar surface area (TPSA) is 83.7 Å². The predicted molar refractivity (Wildman–Crippen MR) is 66.8 cm³/mol. The Hall–Kier alpha value is -2.09. The molecule has 0 saturated heterocycles. The monoisotopic (exact) mass is 288 g/mol. The number of nitro benzene ring substituents is 1. The number of carbonyl (C=O) groups excluding carboxylic acids is 1. The van der Waals surface area contributed by atoms with Crippen molar-refractivity contribution in [3.8, 4) is 0 Å². The third-order valence-electron chi connectivity index (χ3n) is 2.54. The number of halogens is 2. The summed E-state index contributed by atoms with van der Waals surface area (Å²) in [6, 6.07) is 3.69. The van der Waals surface area contributed by atoms with E-state index in [2.05, 4.69) is 0 Å². The highest BCUT2D eigenvalue weighted by molar-refractivity contribution is 5.95. The molecule has 0 unspecified atom stereocenters. The molecule has 0 fully saturated rings. The van der Waals surface area contributed by atoms with Crippen molar-refractivity contribution in [1.82, 2.24) is 4.90 Å². The van der Waals surface area contributed by atoms with E-state index in [0.29, 0.717) is 5.56 Å². The first-order valence-corrected chi connectivity index (χ1v) is 5.79. The van der Waals surface area contributed by atoms with E-state index in [-0.39, 0.29) is 17.8 Å². The summed E-state index contributed by atoms with van der Waals surface area (Å²) in [7, 11) is 0. The van der Waals surface area contributed by atoms with Crippen LogP contribution in [0.25, 0.3) is 0 Å². The number of aliphatic hydroxyl groups is 1. The highest BCUT2D eigenvalue weighted by atomic mass is 19.3. The van der Waals surface area contributed by atoms with Crippen LogP contribution in [0.1, 0.15) is 15.9 Å². The number of hydrogen-bond donors (Lipinski definition) is 1. The van der Waals surface area contributed by atoms with Crippen LogP contribution >= 0.6 is 0 Å². The minimum atomic E-state index is -2.75. The normalized spacial score (nSPS) is 10.7. The van der Waals surface area contributed by atoms with Gasteiger partial charge in [-0.25, -0.2) is 8.78 Å². The lowest BCUT2D eigenvalue weighted by molar-refractivity contribution is -0.384. The van der Waals surface area contributed by atoms with Crippen molar-refractivity contribution >= 4 is 11.6 Å². The number of aryl methyl sites for hydroxylation is 1. The zero-order valence-electron chi connectivity index (χ0n) is 10.8. The molecule has 1 aromatic rings. The molecule has 0 bridgehead atoms. The number of amides is 1. The van der Waals surface area contributed by atoms with E-state index in [1.165, 1.54) is 12.1 Å². The van der Waals surface area contributed by atoms with Crippen LogP contribution in [0, 0.1) is 17.0 Å². The van der Waals surface area contributed by atoms with E-state index in [9.17, 15) is 23.7 Å². The van der Waals surface area contributed by atoms with Gasteiger partial charge in [0.05, 0.1) is 18.1 Å². The maximum absolute atomic E-state index is 12.4. The zero-order chi connectivity index (χ0) is 15.3. The van der Waals surface area contributed by atoms with Crippen LogP contribution in [-0.4, -0.2) is 47.0 Å². The Labute approximate surface area is 113 Å². The Morgan fingerprint density at radius 1 is 1.45 bits per heavy atom. The molecule has 0 aliphatic rings. The van der Waals surface area contributed by atoms with Crippen molar-refractivity contribution in [3.05, 3.63) is 39.4 Å². The lowest BCUT2D eigenvalue weighted by atomic mass is 10.1. The van der Waals surface area contributed by atoms with Gasteiger partial charge in [-0.05, 0) is 18.6 Å². The van der Waals surface area contributed by atoms with Crippen molar-refractivity contribution < 1.29 is 23.6 Å². The molecule has 20 heavy (non-hydrogen) atoms. The van der Waals surface area contributed by atoms with Crippen LogP contribution < -0.4 is 0 Å². The smallest absolute Gasteiger partial charge is 0.270 e. The molecule has 1 N–H and O–H groups in total. The van der Waals surface area contributed by atoms with Crippen LogP contribution in [0.2, 0.25) is 0 Å². The number of alkyl halides is 2. The number of rotatable bonds is 6. The van der Waals surface area contributed by atoms with Crippen LogP contribution in [0.4, 0.5) is 14.5 Å². The molecule has 0 aromatic heterocycles. The van der Waals surface area contributed by atoms with Gasteiger partial charge in [0, 0.05) is 24.2 Å². The fourth-order valence-electron chi connectivity index (χ4n) is 1.74. The molecule has 0 aliphatic heterocycles. The van der Waals surface area contributed by atoms with Gasteiger partial charge >= 0.3 is 0 Å². The average molecular weight is 288 g/mol. The second-order valence-electron chi connectivity index (χ2n) is 4.18. The maximum Gasteiger partial charge on any atom is 0.270 e. The van der Waals surface area contributed by atoms with Gasteiger partial charge in [0.15, 0.2) is 0 Å². The van der Waals surface area contributed by atoms with Gasteiger partial charge in [-0.1, -0.05) is 0 Å². The van der Waals surface area contributed by atoms with Crippen molar-refractivity contribution in [1.29, 1.82) is 0 Å². The molecule has 1 aromatic carbocycles. The summed E-state index contributed by atoms with van der Waals surface area (Å²) >= 11 is 0. The van der Waals surface area contributed by atoms with Gasteiger partial charge in [-0.2, -0.15) is 0 Å². The van der Waals surface area contributed by atoms with Crippen LogP contribution in [-0.2, 0) is 0 Å². The largest absolute Gasteiger partial charge is 0.395 e. The fraction of sp³-hybridized carbons (Fsp3) is 0.417. The van der Waals surface area contributed by atoms with E-state index >= 15 is 0 Å².